The maximum atomic E-state index is 12.2. The molecule has 5 heteroatoms. The van der Waals surface area contributed by atoms with Crippen molar-refractivity contribution in [2.24, 2.45) is 0 Å². The van der Waals surface area contributed by atoms with Crippen LogP contribution < -0.4 is 11.5 Å². The van der Waals surface area contributed by atoms with Gasteiger partial charge in [-0.05, 0) is 31.0 Å². The molecule has 1 aliphatic heterocycles. The largest absolute Gasteiger partial charge is 0.399 e. The molecular weight excluding hydrogens is 218 g/mol. The van der Waals surface area contributed by atoms with Crippen LogP contribution in [0.5, 0.6) is 0 Å². The maximum absolute atomic E-state index is 12.2. The van der Waals surface area contributed by atoms with Crippen molar-refractivity contribution in [1.29, 1.82) is 0 Å². The number of piperidine rings is 1. The van der Waals surface area contributed by atoms with Gasteiger partial charge >= 0.3 is 0 Å². The molecule has 1 amide bonds. The van der Waals surface area contributed by atoms with Gasteiger partial charge in [-0.15, -0.1) is 0 Å². The molecule has 1 fully saturated rings. The Morgan fingerprint density at radius 1 is 1.29 bits per heavy atom. The number of benzene rings is 1. The van der Waals surface area contributed by atoms with Crippen molar-refractivity contribution in [1.82, 2.24) is 4.90 Å². The molecule has 0 bridgehead atoms. The van der Waals surface area contributed by atoms with E-state index in [4.69, 9.17) is 11.5 Å². The molecule has 0 spiro atoms. The minimum Gasteiger partial charge on any atom is -0.399 e. The number of hydrogen-bond acceptors (Lipinski definition) is 4. The number of aliphatic hydroxyl groups excluding tert-OH is 1. The van der Waals surface area contributed by atoms with Crippen molar-refractivity contribution in [3.05, 3.63) is 23.8 Å². The lowest BCUT2D eigenvalue weighted by Crippen LogP contribution is -2.40. The zero-order valence-corrected chi connectivity index (χ0v) is 9.60. The number of likely N-dealkylation sites (tertiary alicyclic amines) is 1. The van der Waals surface area contributed by atoms with Gasteiger partial charge in [0, 0.05) is 24.5 Å². The average molecular weight is 235 g/mol. The van der Waals surface area contributed by atoms with E-state index in [-0.39, 0.29) is 12.0 Å². The van der Waals surface area contributed by atoms with Gasteiger partial charge in [0.05, 0.1) is 11.7 Å². The number of nitrogens with two attached hydrogens (primary N) is 2. The summed E-state index contributed by atoms with van der Waals surface area (Å²) in [7, 11) is 0. The van der Waals surface area contributed by atoms with Gasteiger partial charge in [-0.3, -0.25) is 4.79 Å². The Morgan fingerprint density at radius 2 is 1.94 bits per heavy atom. The molecule has 0 atom stereocenters. The van der Waals surface area contributed by atoms with Crippen molar-refractivity contribution < 1.29 is 9.90 Å². The van der Waals surface area contributed by atoms with E-state index in [2.05, 4.69) is 0 Å². The molecule has 0 unspecified atom stereocenters. The van der Waals surface area contributed by atoms with Gasteiger partial charge in [0.25, 0.3) is 5.91 Å². The van der Waals surface area contributed by atoms with E-state index >= 15 is 0 Å². The van der Waals surface area contributed by atoms with Crippen LogP contribution in [0.4, 0.5) is 11.4 Å². The lowest BCUT2D eigenvalue weighted by atomic mass is 10.1. The number of rotatable bonds is 1. The number of carbonyl (C=O) groups excluding carboxylic acids is 1. The van der Waals surface area contributed by atoms with Crippen molar-refractivity contribution in [3.8, 4) is 0 Å². The SMILES string of the molecule is Nc1ccc(C(=O)N2CCC(O)CC2)c(N)c1. The summed E-state index contributed by atoms with van der Waals surface area (Å²) in [4.78, 5) is 13.9. The van der Waals surface area contributed by atoms with E-state index in [9.17, 15) is 9.90 Å². The number of carbonyl (C=O) groups is 1. The summed E-state index contributed by atoms with van der Waals surface area (Å²) in [6.45, 7) is 1.15. The number of anilines is 2. The molecular formula is C12H17N3O2. The van der Waals surface area contributed by atoms with Gasteiger partial charge in [0.2, 0.25) is 0 Å². The number of hydrogen-bond donors (Lipinski definition) is 3. The third kappa shape index (κ3) is 2.50. The summed E-state index contributed by atoms with van der Waals surface area (Å²) in [6.07, 6.45) is 0.962. The van der Waals surface area contributed by atoms with Crippen LogP contribution in [0.3, 0.4) is 0 Å². The van der Waals surface area contributed by atoms with Gasteiger partial charge in [-0.1, -0.05) is 0 Å². The highest BCUT2D eigenvalue weighted by Crippen LogP contribution is 2.20. The van der Waals surface area contributed by atoms with Crippen molar-refractivity contribution in [2.45, 2.75) is 18.9 Å². The van der Waals surface area contributed by atoms with Crippen LogP contribution in [0.1, 0.15) is 23.2 Å². The van der Waals surface area contributed by atoms with Gasteiger partial charge < -0.3 is 21.5 Å². The van der Waals surface area contributed by atoms with Crippen molar-refractivity contribution >= 4 is 17.3 Å². The monoisotopic (exact) mass is 235 g/mol. The van der Waals surface area contributed by atoms with Gasteiger partial charge in [0.15, 0.2) is 0 Å². The Bertz CT molecular complexity index is 426. The molecule has 1 aliphatic rings. The first-order valence-electron chi connectivity index (χ1n) is 5.70. The molecule has 5 N–H and O–H groups in total. The van der Waals surface area contributed by atoms with E-state index < -0.39 is 0 Å². The van der Waals surface area contributed by atoms with Gasteiger partial charge in [0.1, 0.15) is 0 Å². The Balaban J connectivity index is 2.14. The van der Waals surface area contributed by atoms with Crippen molar-refractivity contribution in [3.63, 3.8) is 0 Å². The number of nitrogen functional groups attached to an aromatic ring is 2. The molecule has 0 aromatic heterocycles. The highest BCUT2D eigenvalue weighted by atomic mass is 16.3. The molecule has 92 valence electrons. The highest BCUT2D eigenvalue weighted by Gasteiger charge is 2.23. The molecule has 1 aromatic carbocycles. The summed E-state index contributed by atoms with van der Waals surface area (Å²) >= 11 is 0. The molecule has 1 aromatic rings. The second-order valence-corrected chi connectivity index (χ2v) is 4.37. The van der Waals surface area contributed by atoms with E-state index in [1.165, 1.54) is 0 Å². The minimum atomic E-state index is -0.289. The smallest absolute Gasteiger partial charge is 0.255 e. The fourth-order valence-corrected chi connectivity index (χ4v) is 2.02. The fraction of sp³-hybridized carbons (Fsp3) is 0.417. The molecule has 1 saturated heterocycles. The molecule has 1 heterocycles. The van der Waals surface area contributed by atoms with E-state index in [1.54, 1.807) is 23.1 Å². The first-order valence-corrected chi connectivity index (χ1v) is 5.70. The summed E-state index contributed by atoms with van der Waals surface area (Å²) in [5, 5.41) is 9.39. The minimum absolute atomic E-state index is 0.0885. The Kier molecular flexibility index (Phi) is 3.19. The summed E-state index contributed by atoms with van der Waals surface area (Å²) in [5.74, 6) is -0.0885. The van der Waals surface area contributed by atoms with E-state index in [1.807, 2.05) is 0 Å². The van der Waals surface area contributed by atoms with Crippen LogP contribution in [0, 0.1) is 0 Å². The fourth-order valence-electron chi connectivity index (χ4n) is 2.02. The Hall–Kier alpha value is -1.75. The van der Waals surface area contributed by atoms with Crippen LogP contribution in [0.25, 0.3) is 0 Å². The number of aliphatic hydroxyl groups is 1. The topological polar surface area (TPSA) is 92.6 Å². The van der Waals surface area contributed by atoms with Crippen LogP contribution in [-0.4, -0.2) is 35.1 Å². The van der Waals surface area contributed by atoms with Crippen LogP contribution in [0.15, 0.2) is 18.2 Å². The summed E-state index contributed by atoms with van der Waals surface area (Å²) in [6, 6.07) is 4.91. The van der Waals surface area contributed by atoms with Crippen molar-refractivity contribution in [2.75, 3.05) is 24.6 Å². The van der Waals surface area contributed by atoms with E-state index in [0.29, 0.717) is 42.9 Å². The predicted molar refractivity (Wildman–Crippen MR) is 66.4 cm³/mol. The quantitative estimate of drug-likeness (QED) is 0.616. The van der Waals surface area contributed by atoms with E-state index in [0.717, 1.165) is 0 Å². The molecule has 0 aliphatic carbocycles. The highest BCUT2D eigenvalue weighted by molar-refractivity contribution is 5.99. The second-order valence-electron chi connectivity index (χ2n) is 4.37. The number of nitrogens with zero attached hydrogens (tertiary/aromatic N) is 1. The molecule has 5 nitrogen and oxygen atoms in total. The lowest BCUT2D eigenvalue weighted by Gasteiger charge is -2.30. The summed E-state index contributed by atoms with van der Waals surface area (Å²) < 4.78 is 0. The predicted octanol–water partition coefficient (Wildman–Crippen LogP) is 0.448. The molecule has 2 rings (SSSR count). The van der Waals surface area contributed by atoms with Crippen LogP contribution >= 0.6 is 0 Å². The first kappa shape index (κ1) is 11.7. The third-order valence-electron chi connectivity index (χ3n) is 3.06. The summed E-state index contributed by atoms with van der Waals surface area (Å²) in [5.41, 5.74) is 12.8. The zero-order valence-electron chi connectivity index (χ0n) is 9.60. The van der Waals surface area contributed by atoms with Gasteiger partial charge in [-0.25, -0.2) is 0 Å². The normalized spacial score (nSPS) is 17.1. The van der Waals surface area contributed by atoms with Crippen LogP contribution in [0.2, 0.25) is 0 Å². The molecule has 0 radical (unpaired) electrons. The molecule has 0 saturated carbocycles. The average Bonchev–Trinajstić information content (AvgIpc) is 2.29. The second kappa shape index (κ2) is 4.63. The van der Waals surface area contributed by atoms with Gasteiger partial charge in [-0.2, -0.15) is 0 Å². The third-order valence-corrected chi connectivity index (χ3v) is 3.06. The first-order chi connectivity index (χ1) is 8.08. The van der Waals surface area contributed by atoms with Crippen LogP contribution in [-0.2, 0) is 0 Å². The Morgan fingerprint density at radius 3 is 2.53 bits per heavy atom. The zero-order chi connectivity index (χ0) is 12.4. The number of amides is 1. The maximum Gasteiger partial charge on any atom is 0.255 e. The standard InChI is InChI=1S/C12H17N3O2/c13-8-1-2-10(11(14)7-8)12(17)15-5-3-9(16)4-6-15/h1-2,7,9,16H,3-6,13-14H2. The lowest BCUT2D eigenvalue weighted by molar-refractivity contribution is 0.0547. The molecule has 17 heavy (non-hydrogen) atoms. The Labute approximate surface area is 100 Å².